The van der Waals surface area contributed by atoms with Gasteiger partial charge in [-0.15, -0.1) is 0 Å². The molecule has 0 aliphatic heterocycles. The summed E-state index contributed by atoms with van der Waals surface area (Å²) in [6.45, 7) is 3.07. The first kappa shape index (κ1) is 13.9. The van der Waals surface area contributed by atoms with E-state index in [0.29, 0.717) is 25.9 Å². The van der Waals surface area contributed by atoms with Gasteiger partial charge in [-0.05, 0) is 19.4 Å². The smallest absolute Gasteiger partial charge is 0.325 e. The minimum absolute atomic E-state index is 0.0345. The maximum absolute atomic E-state index is 11.6. The van der Waals surface area contributed by atoms with E-state index >= 15 is 0 Å². The topological polar surface area (TPSA) is 72.6 Å². The molecule has 88 valence electrons. The van der Waals surface area contributed by atoms with Gasteiger partial charge in [-0.3, -0.25) is 9.59 Å². The maximum atomic E-state index is 11.6. The van der Waals surface area contributed by atoms with Gasteiger partial charge in [0.05, 0.1) is 7.11 Å². The number of rotatable bonds is 7. The van der Waals surface area contributed by atoms with Crippen LogP contribution in [0.3, 0.4) is 0 Å². The summed E-state index contributed by atoms with van der Waals surface area (Å²) in [5, 5.41) is 0. The van der Waals surface area contributed by atoms with Crippen molar-refractivity contribution < 1.29 is 14.3 Å². The van der Waals surface area contributed by atoms with Crippen molar-refractivity contribution in [1.29, 1.82) is 0 Å². The Morgan fingerprint density at radius 1 is 1.40 bits per heavy atom. The second kappa shape index (κ2) is 8.23. The van der Waals surface area contributed by atoms with Crippen LogP contribution in [0.1, 0.15) is 26.2 Å². The van der Waals surface area contributed by atoms with E-state index in [4.69, 9.17) is 5.73 Å². The molecule has 0 heterocycles. The molecule has 1 amide bonds. The summed E-state index contributed by atoms with van der Waals surface area (Å²) < 4.78 is 4.52. The Kier molecular flexibility index (Phi) is 7.62. The van der Waals surface area contributed by atoms with E-state index in [1.807, 2.05) is 6.92 Å². The van der Waals surface area contributed by atoms with Gasteiger partial charge in [-0.2, -0.15) is 0 Å². The Labute approximate surface area is 90.6 Å². The molecule has 5 nitrogen and oxygen atoms in total. The zero-order valence-corrected chi connectivity index (χ0v) is 9.49. The number of hydrogen-bond donors (Lipinski definition) is 1. The lowest BCUT2D eigenvalue weighted by atomic mass is 10.2. The molecule has 0 aliphatic carbocycles. The van der Waals surface area contributed by atoms with Gasteiger partial charge in [0.15, 0.2) is 0 Å². The van der Waals surface area contributed by atoms with Crippen molar-refractivity contribution in [3.05, 3.63) is 0 Å². The van der Waals surface area contributed by atoms with E-state index in [2.05, 4.69) is 4.74 Å². The van der Waals surface area contributed by atoms with Crippen molar-refractivity contribution in [1.82, 2.24) is 4.90 Å². The van der Waals surface area contributed by atoms with Crippen molar-refractivity contribution >= 4 is 11.9 Å². The van der Waals surface area contributed by atoms with E-state index in [1.165, 1.54) is 12.0 Å². The normalized spacial score (nSPS) is 9.80. The van der Waals surface area contributed by atoms with Crippen LogP contribution >= 0.6 is 0 Å². The average Bonchev–Trinajstić information content (AvgIpc) is 2.24. The summed E-state index contributed by atoms with van der Waals surface area (Å²) in [4.78, 5) is 24.2. The minimum atomic E-state index is -0.385. The summed E-state index contributed by atoms with van der Waals surface area (Å²) >= 11 is 0. The molecule has 0 bridgehead atoms. The van der Waals surface area contributed by atoms with Crippen molar-refractivity contribution in [2.75, 3.05) is 26.7 Å². The van der Waals surface area contributed by atoms with Crippen LogP contribution in [-0.2, 0) is 14.3 Å². The maximum Gasteiger partial charge on any atom is 0.325 e. The Hall–Kier alpha value is -1.10. The Morgan fingerprint density at radius 2 is 2.07 bits per heavy atom. The SMILES string of the molecule is CCCN(CC(=O)OC)C(=O)CCCN. The summed E-state index contributed by atoms with van der Waals surface area (Å²) in [6, 6.07) is 0. The number of hydrogen-bond acceptors (Lipinski definition) is 4. The molecule has 0 unspecified atom stereocenters. The summed E-state index contributed by atoms with van der Waals surface area (Å²) in [7, 11) is 1.32. The second-order valence-electron chi connectivity index (χ2n) is 3.28. The standard InChI is InChI=1S/C10H20N2O3/c1-3-7-12(8-10(14)15-2)9(13)5-4-6-11/h3-8,11H2,1-2H3. The highest BCUT2D eigenvalue weighted by Crippen LogP contribution is 1.99. The number of amides is 1. The van der Waals surface area contributed by atoms with Gasteiger partial charge in [0.25, 0.3) is 0 Å². The number of nitrogens with two attached hydrogens (primary N) is 1. The minimum Gasteiger partial charge on any atom is -0.468 e. The van der Waals surface area contributed by atoms with Crippen LogP contribution in [0.4, 0.5) is 0 Å². The lowest BCUT2D eigenvalue weighted by Gasteiger charge is -2.20. The van der Waals surface area contributed by atoms with E-state index in [9.17, 15) is 9.59 Å². The molecular weight excluding hydrogens is 196 g/mol. The Morgan fingerprint density at radius 3 is 2.53 bits per heavy atom. The fourth-order valence-corrected chi connectivity index (χ4v) is 1.19. The molecule has 0 saturated heterocycles. The summed E-state index contributed by atoms with van der Waals surface area (Å²) in [5.74, 6) is -0.419. The molecule has 0 radical (unpaired) electrons. The predicted octanol–water partition coefficient (Wildman–Crippen LogP) is 0.137. The summed E-state index contributed by atoms with van der Waals surface area (Å²) in [5.41, 5.74) is 5.32. The van der Waals surface area contributed by atoms with Crippen LogP contribution in [-0.4, -0.2) is 43.5 Å². The molecule has 0 fully saturated rings. The monoisotopic (exact) mass is 216 g/mol. The molecule has 0 aliphatic rings. The van der Waals surface area contributed by atoms with Crippen LogP contribution < -0.4 is 5.73 Å². The molecule has 0 rings (SSSR count). The molecule has 0 aromatic heterocycles. The molecular formula is C10H20N2O3. The van der Waals surface area contributed by atoms with Gasteiger partial charge in [0.2, 0.25) is 5.91 Å². The third-order valence-corrected chi connectivity index (χ3v) is 1.99. The van der Waals surface area contributed by atoms with Crippen molar-refractivity contribution in [3.8, 4) is 0 Å². The molecule has 2 N–H and O–H groups in total. The number of esters is 1. The van der Waals surface area contributed by atoms with Crippen LogP contribution in [0.2, 0.25) is 0 Å². The van der Waals surface area contributed by atoms with E-state index in [1.54, 1.807) is 0 Å². The largest absolute Gasteiger partial charge is 0.468 e. The second-order valence-corrected chi connectivity index (χ2v) is 3.28. The van der Waals surface area contributed by atoms with Gasteiger partial charge < -0.3 is 15.4 Å². The lowest BCUT2D eigenvalue weighted by molar-refractivity contribution is -0.147. The molecule has 0 spiro atoms. The Balaban J connectivity index is 4.11. The van der Waals surface area contributed by atoms with Crippen molar-refractivity contribution in [2.24, 2.45) is 5.73 Å². The van der Waals surface area contributed by atoms with Crippen LogP contribution in [0.5, 0.6) is 0 Å². The van der Waals surface area contributed by atoms with Crippen molar-refractivity contribution in [2.45, 2.75) is 26.2 Å². The van der Waals surface area contributed by atoms with Gasteiger partial charge in [-0.25, -0.2) is 0 Å². The van der Waals surface area contributed by atoms with Gasteiger partial charge in [0, 0.05) is 13.0 Å². The highest BCUT2D eigenvalue weighted by molar-refractivity contribution is 5.81. The average molecular weight is 216 g/mol. The molecule has 0 aromatic carbocycles. The van der Waals surface area contributed by atoms with Gasteiger partial charge in [0.1, 0.15) is 6.54 Å². The van der Waals surface area contributed by atoms with Gasteiger partial charge in [-0.1, -0.05) is 6.92 Å². The zero-order chi connectivity index (χ0) is 11.7. The fourth-order valence-electron chi connectivity index (χ4n) is 1.19. The van der Waals surface area contributed by atoms with E-state index in [-0.39, 0.29) is 18.4 Å². The number of methoxy groups -OCH3 is 1. The predicted molar refractivity (Wildman–Crippen MR) is 57.2 cm³/mol. The fraction of sp³-hybridized carbons (Fsp3) is 0.800. The third kappa shape index (κ3) is 6.06. The molecule has 0 atom stereocenters. The molecule has 5 heteroatoms. The van der Waals surface area contributed by atoms with Gasteiger partial charge >= 0.3 is 5.97 Å². The third-order valence-electron chi connectivity index (χ3n) is 1.99. The van der Waals surface area contributed by atoms with Crippen molar-refractivity contribution in [3.63, 3.8) is 0 Å². The molecule has 15 heavy (non-hydrogen) atoms. The summed E-state index contributed by atoms with van der Waals surface area (Å²) in [6.07, 6.45) is 1.87. The quantitative estimate of drug-likeness (QED) is 0.614. The van der Waals surface area contributed by atoms with Crippen LogP contribution in [0.15, 0.2) is 0 Å². The Bertz CT molecular complexity index is 207. The van der Waals surface area contributed by atoms with E-state index < -0.39 is 0 Å². The number of nitrogens with zero attached hydrogens (tertiary/aromatic N) is 1. The zero-order valence-electron chi connectivity index (χ0n) is 9.49. The first-order chi connectivity index (χ1) is 7.15. The highest BCUT2D eigenvalue weighted by atomic mass is 16.5. The van der Waals surface area contributed by atoms with E-state index in [0.717, 1.165) is 6.42 Å². The van der Waals surface area contributed by atoms with Crippen LogP contribution in [0.25, 0.3) is 0 Å². The highest BCUT2D eigenvalue weighted by Gasteiger charge is 2.15. The number of ether oxygens (including phenoxy) is 1. The number of carbonyl (C=O) groups is 2. The molecule has 0 aromatic rings. The number of carbonyl (C=O) groups excluding carboxylic acids is 2. The molecule has 0 saturated carbocycles. The first-order valence-corrected chi connectivity index (χ1v) is 5.20. The van der Waals surface area contributed by atoms with Crippen LogP contribution in [0, 0.1) is 0 Å². The first-order valence-electron chi connectivity index (χ1n) is 5.20. The lowest BCUT2D eigenvalue weighted by Crippen LogP contribution is -2.36.